The fraction of sp³-hybridized carbons (Fsp3) is 0.0556. The highest BCUT2D eigenvalue weighted by atomic mass is 35.5. The van der Waals surface area contributed by atoms with Crippen LogP contribution in [0, 0.1) is 0 Å². The Morgan fingerprint density at radius 2 is 1.74 bits per heavy atom. The van der Waals surface area contributed by atoms with Gasteiger partial charge in [-0.15, -0.1) is 0 Å². The number of fused-ring (bicyclic) bond motifs is 1. The van der Waals surface area contributed by atoms with Crippen molar-refractivity contribution in [2.45, 2.75) is 16.6 Å². The van der Waals surface area contributed by atoms with E-state index in [1.807, 2.05) is 6.07 Å². The third kappa shape index (κ3) is 3.22. The molecule has 0 aliphatic carbocycles. The second-order valence-corrected chi connectivity index (χ2v) is 6.90. The number of hydrogen-bond donors (Lipinski definition) is 0. The minimum absolute atomic E-state index is 0.0340. The summed E-state index contributed by atoms with van der Waals surface area (Å²) in [5, 5.41) is 4.04. The fourth-order valence-electron chi connectivity index (χ4n) is 2.62. The molecule has 0 spiro atoms. The number of imidazole rings is 1. The van der Waals surface area contributed by atoms with Crippen LogP contribution in [0.15, 0.2) is 75.6 Å². The topological polar surface area (TPSA) is 52.7 Å². The van der Waals surface area contributed by atoms with Gasteiger partial charge in [0.2, 0.25) is 0 Å². The maximum Gasteiger partial charge on any atom is 0.321 e. The van der Waals surface area contributed by atoms with Crippen molar-refractivity contribution in [1.82, 2.24) is 19.3 Å². The van der Waals surface area contributed by atoms with Crippen LogP contribution < -0.4 is 5.56 Å². The Balaban J connectivity index is 1.78. The summed E-state index contributed by atoms with van der Waals surface area (Å²) in [5.74, 6) is 0. The number of rotatable bonds is 4. The van der Waals surface area contributed by atoms with Gasteiger partial charge in [-0.3, -0.25) is 9.36 Å². The monoisotopic (exact) mass is 404 g/mol. The molecular formula is C18H11ClF2N4OS. The van der Waals surface area contributed by atoms with Gasteiger partial charge in [0, 0.05) is 0 Å². The molecule has 2 aromatic carbocycles. The molecule has 0 saturated carbocycles. The van der Waals surface area contributed by atoms with E-state index in [0.717, 1.165) is 21.0 Å². The van der Waals surface area contributed by atoms with Crippen LogP contribution in [0.5, 0.6) is 0 Å². The lowest BCUT2D eigenvalue weighted by molar-refractivity contribution is 0.0656. The van der Waals surface area contributed by atoms with Crippen molar-refractivity contribution < 1.29 is 8.78 Å². The SMILES string of the molecule is O=c1c(Cl)c(Sc2nc3ccccc3n2C(F)F)cnn1-c1ccccc1. The highest BCUT2D eigenvalue weighted by Crippen LogP contribution is 2.35. The van der Waals surface area contributed by atoms with Gasteiger partial charge in [-0.05, 0) is 36.0 Å². The van der Waals surface area contributed by atoms with Crippen LogP contribution in [0.25, 0.3) is 16.7 Å². The van der Waals surface area contributed by atoms with Crippen molar-refractivity contribution >= 4 is 34.4 Å². The van der Waals surface area contributed by atoms with E-state index in [4.69, 9.17) is 11.6 Å². The Morgan fingerprint density at radius 3 is 2.48 bits per heavy atom. The zero-order valence-electron chi connectivity index (χ0n) is 13.6. The predicted molar refractivity (Wildman–Crippen MR) is 100.0 cm³/mol. The normalized spacial score (nSPS) is 11.4. The van der Waals surface area contributed by atoms with Crippen LogP contribution in [0.3, 0.4) is 0 Å². The Bertz CT molecular complexity index is 1180. The van der Waals surface area contributed by atoms with Crippen molar-refractivity contribution in [2.75, 3.05) is 0 Å². The quantitative estimate of drug-likeness (QED) is 0.491. The Labute approximate surface area is 161 Å². The molecule has 27 heavy (non-hydrogen) atoms. The zero-order chi connectivity index (χ0) is 19.0. The maximum absolute atomic E-state index is 13.6. The lowest BCUT2D eigenvalue weighted by Gasteiger charge is -2.09. The van der Waals surface area contributed by atoms with E-state index in [0.29, 0.717) is 16.7 Å². The minimum atomic E-state index is -2.78. The van der Waals surface area contributed by atoms with Crippen LogP contribution in [-0.4, -0.2) is 19.3 Å². The van der Waals surface area contributed by atoms with E-state index >= 15 is 0 Å². The van der Waals surface area contributed by atoms with E-state index < -0.39 is 12.1 Å². The largest absolute Gasteiger partial charge is 0.321 e. The summed E-state index contributed by atoms with van der Waals surface area (Å²) >= 11 is 7.09. The number of aromatic nitrogens is 4. The minimum Gasteiger partial charge on any atom is -0.266 e. The van der Waals surface area contributed by atoms with Crippen LogP contribution in [0.2, 0.25) is 5.02 Å². The Morgan fingerprint density at radius 1 is 1.04 bits per heavy atom. The first-order valence-electron chi connectivity index (χ1n) is 7.82. The number of alkyl halides is 2. The highest BCUT2D eigenvalue weighted by Gasteiger charge is 2.20. The van der Waals surface area contributed by atoms with Gasteiger partial charge in [0.1, 0.15) is 5.02 Å². The second kappa shape index (κ2) is 7.13. The zero-order valence-corrected chi connectivity index (χ0v) is 15.2. The molecular weight excluding hydrogens is 394 g/mol. The molecule has 5 nitrogen and oxygen atoms in total. The molecule has 0 atom stereocenters. The average Bonchev–Trinajstić information content (AvgIpc) is 3.04. The first kappa shape index (κ1) is 17.7. The summed E-state index contributed by atoms with van der Waals surface area (Å²) in [6.45, 7) is -2.78. The van der Waals surface area contributed by atoms with Gasteiger partial charge in [-0.25, -0.2) is 4.98 Å². The standard InChI is InChI=1S/C18H11ClF2N4OS/c19-15-14(10-22-25(16(15)26)11-6-2-1-3-7-11)27-18-23-12-8-4-5-9-13(12)24(18)17(20)21/h1-10,17H. The molecule has 0 aliphatic rings. The van der Waals surface area contributed by atoms with Crippen molar-refractivity contribution in [3.63, 3.8) is 0 Å². The maximum atomic E-state index is 13.6. The van der Waals surface area contributed by atoms with Crippen molar-refractivity contribution in [3.05, 3.63) is 76.2 Å². The molecule has 0 unspecified atom stereocenters. The van der Waals surface area contributed by atoms with Crippen LogP contribution in [0.1, 0.15) is 6.55 Å². The number of para-hydroxylation sites is 3. The summed E-state index contributed by atoms with van der Waals surface area (Å²) in [6, 6.07) is 15.4. The van der Waals surface area contributed by atoms with Crippen LogP contribution in [0.4, 0.5) is 8.78 Å². The number of hydrogen-bond acceptors (Lipinski definition) is 4. The van der Waals surface area contributed by atoms with E-state index in [9.17, 15) is 13.6 Å². The smallest absolute Gasteiger partial charge is 0.266 e. The van der Waals surface area contributed by atoms with Gasteiger partial charge in [0.05, 0.1) is 27.8 Å². The van der Waals surface area contributed by atoms with E-state index in [1.54, 1.807) is 48.5 Å². The van der Waals surface area contributed by atoms with Crippen LogP contribution >= 0.6 is 23.4 Å². The second-order valence-electron chi connectivity index (χ2n) is 5.51. The first-order chi connectivity index (χ1) is 13.1. The molecule has 2 aromatic heterocycles. The fourth-order valence-corrected chi connectivity index (χ4v) is 3.76. The molecule has 0 radical (unpaired) electrons. The van der Waals surface area contributed by atoms with Crippen molar-refractivity contribution in [1.29, 1.82) is 0 Å². The molecule has 0 aliphatic heterocycles. The molecule has 9 heteroatoms. The molecule has 136 valence electrons. The first-order valence-corrected chi connectivity index (χ1v) is 9.02. The third-order valence-corrected chi connectivity index (χ3v) is 5.32. The molecule has 0 fully saturated rings. The Hall–Kier alpha value is -2.71. The molecule has 4 rings (SSSR count). The summed E-state index contributed by atoms with van der Waals surface area (Å²) < 4.78 is 29.1. The van der Waals surface area contributed by atoms with Crippen LogP contribution in [-0.2, 0) is 0 Å². The molecule has 2 heterocycles. The van der Waals surface area contributed by atoms with Gasteiger partial charge >= 0.3 is 6.55 Å². The predicted octanol–water partition coefficient (Wildman–Crippen LogP) is 4.78. The lowest BCUT2D eigenvalue weighted by Crippen LogP contribution is -2.21. The van der Waals surface area contributed by atoms with Gasteiger partial charge < -0.3 is 0 Å². The summed E-state index contributed by atoms with van der Waals surface area (Å²) in [7, 11) is 0. The number of nitrogens with zero attached hydrogens (tertiary/aromatic N) is 4. The molecule has 0 amide bonds. The molecule has 0 saturated heterocycles. The van der Waals surface area contributed by atoms with Gasteiger partial charge in [-0.2, -0.15) is 18.6 Å². The average molecular weight is 405 g/mol. The number of halogens is 3. The molecule has 4 aromatic rings. The summed E-state index contributed by atoms with van der Waals surface area (Å²) in [5.41, 5.74) is 0.757. The lowest BCUT2D eigenvalue weighted by atomic mass is 10.3. The van der Waals surface area contributed by atoms with Gasteiger partial charge in [0.25, 0.3) is 5.56 Å². The summed E-state index contributed by atoms with van der Waals surface area (Å²) in [4.78, 5) is 17.0. The molecule has 0 N–H and O–H groups in total. The van der Waals surface area contributed by atoms with Crippen molar-refractivity contribution in [2.24, 2.45) is 0 Å². The van der Waals surface area contributed by atoms with E-state index in [2.05, 4.69) is 10.1 Å². The van der Waals surface area contributed by atoms with Gasteiger partial charge in [0.15, 0.2) is 5.16 Å². The van der Waals surface area contributed by atoms with Gasteiger partial charge in [-0.1, -0.05) is 41.9 Å². The molecule has 0 bridgehead atoms. The van der Waals surface area contributed by atoms with Crippen molar-refractivity contribution in [3.8, 4) is 5.69 Å². The number of benzene rings is 2. The Kier molecular flexibility index (Phi) is 4.67. The third-order valence-electron chi connectivity index (χ3n) is 3.85. The van der Waals surface area contributed by atoms with E-state index in [1.165, 1.54) is 6.20 Å². The summed E-state index contributed by atoms with van der Waals surface area (Å²) in [6.07, 6.45) is 1.37. The van der Waals surface area contributed by atoms with E-state index in [-0.39, 0.29) is 15.1 Å². The highest BCUT2D eigenvalue weighted by molar-refractivity contribution is 7.99.